The smallest absolute Gasteiger partial charge is 0.238 e. The average Bonchev–Trinajstić information content (AvgIpc) is 2.59. The first-order valence-electron chi connectivity index (χ1n) is 7.73. The molecule has 0 radical (unpaired) electrons. The molecule has 8 nitrogen and oxygen atoms in total. The zero-order valence-electron chi connectivity index (χ0n) is 14.5. The molecule has 0 saturated carbocycles. The SMILES string of the molecule is COC(CN)CC(=O)N1CCN(c2ccc(S(N)(=O)=O)cc2)CC1.Cl.Cl. The number of carbonyl (C=O) groups excluding carboxylic acids is 1. The van der Waals surface area contributed by atoms with E-state index in [1.54, 1.807) is 24.1 Å². The lowest BCUT2D eigenvalue weighted by atomic mass is 10.2. The largest absolute Gasteiger partial charge is 0.380 e. The monoisotopic (exact) mass is 428 g/mol. The summed E-state index contributed by atoms with van der Waals surface area (Å²) in [4.78, 5) is 16.2. The zero-order valence-corrected chi connectivity index (χ0v) is 17.0. The molecule has 1 fully saturated rings. The number of halogens is 2. The van der Waals surface area contributed by atoms with Crippen LogP contribution in [0.3, 0.4) is 0 Å². The minimum atomic E-state index is -3.68. The van der Waals surface area contributed by atoms with E-state index in [4.69, 9.17) is 15.6 Å². The fourth-order valence-corrected chi connectivity index (χ4v) is 3.16. The Balaban J connectivity index is 0.00000312. The summed E-state index contributed by atoms with van der Waals surface area (Å²) in [5.74, 6) is 0.0384. The molecular weight excluding hydrogens is 403 g/mol. The topological polar surface area (TPSA) is 119 Å². The van der Waals surface area contributed by atoms with Gasteiger partial charge in [-0.05, 0) is 24.3 Å². The molecule has 26 heavy (non-hydrogen) atoms. The predicted molar refractivity (Wildman–Crippen MR) is 106 cm³/mol. The first kappa shape index (κ1) is 24.9. The number of rotatable bonds is 6. The van der Waals surface area contributed by atoms with Gasteiger partial charge >= 0.3 is 0 Å². The zero-order chi connectivity index (χ0) is 17.7. The number of sulfonamides is 1. The number of ether oxygens (including phenoxy) is 1. The van der Waals surface area contributed by atoms with E-state index in [2.05, 4.69) is 4.90 Å². The fraction of sp³-hybridized carbons (Fsp3) is 0.533. The average molecular weight is 429 g/mol. The van der Waals surface area contributed by atoms with Gasteiger partial charge in [-0.2, -0.15) is 0 Å². The summed E-state index contributed by atoms with van der Waals surface area (Å²) in [6.07, 6.45) is 0.0389. The number of methoxy groups -OCH3 is 1. The predicted octanol–water partition coefficient (Wildman–Crippen LogP) is 0.190. The van der Waals surface area contributed by atoms with Crippen LogP contribution in [0.15, 0.2) is 29.2 Å². The van der Waals surface area contributed by atoms with Crippen LogP contribution in [0.25, 0.3) is 0 Å². The van der Waals surface area contributed by atoms with Gasteiger partial charge in [0, 0.05) is 45.5 Å². The number of nitrogens with zero attached hydrogens (tertiary/aromatic N) is 2. The standard InChI is InChI=1S/C15H24N4O4S.2ClH/c1-23-13(11-16)10-15(20)19-8-6-18(7-9-19)12-2-4-14(5-3-12)24(17,21)22;;/h2-5,13H,6-11,16H2,1H3,(H2,17,21,22);2*1H. The van der Waals surface area contributed by atoms with Crippen LogP contribution in [0.4, 0.5) is 5.69 Å². The third-order valence-electron chi connectivity index (χ3n) is 4.16. The Morgan fingerprint density at radius 2 is 1.69 bits per heavy atom. The maximum atomic E-state index is 12.2. The molecule has 0 aliphatic carbocycles. The number of carbonyl (C=O) groups is 1. The van der Waals surface area contributed by atoms with E-state index in [0.29, 0.717) is 32.7 Å². The van der Waals surface area contributed by atoms with E-state index in [1.165, 1.54) is 12.1 Å². The molecule has 1 saturated heterocycles. The Kier molecular flexibility index (Phi) is 10.4. The van der Waals surface area contributed by atoms with Crippen molar-refractivity contribution in [1.29, 1.82) is 0 Å². The van der Waals surface area contributed by atoms with Crippen molar-refractivity contribution in [3.63, 3.8) is 0 Å². The Morgan fingerprint density at radius 3 is 2.12 bits per heavy atom. The first-order valence-corrected chi connectivity index (χ1v) is 9.28. The van der Waals surface area contributed by atoms with Crippen LogP contribution in [-0.2, 0) is 19.6 Å². The number of nitrogens with two attached hydrogens (primary N) is 2. The van der Waals surface area contributed by atoms with Gasteiger partial charge in [-0.1, -0.05) is 0 Å². The van der Waals surface area contributed by atoms with Gasteiger partial charge in [0.2, 0.25) is 15.9 Å². The number of primary sulfonamides is 1. The lowest BCUT2D eigenvalue weighted by molar-refractivity contribution is -0.133. The second-order valence-corrected chi connectivity index (χ2v) is 7.27. The molecule has 1 heterocycles. The van der Waals surface area contributed by atoms with Gasteiger partial charge in [0.15, 0.2) is 0 Å². The highest BCUT2D eigenvalue weighted by atomic mass is 35.5. The van der Waals surface area contributed by atoms with Crippen molar-refractivity contribution < 1.29 is 17.9 Å². The molecule has 0 spiro atoms. The number of benzene rings is 1. The van der Waals surface area contributed by atoms with E-state index >= 15 is 0 Å². The van der Waals surface area contributed by atoms with Gasteiger partial charge in [-0.25, -0.2) is 13.6 Å². The molecule has 1 unspecified atom stereocenters. The summed E-state index contributed by atoms with van der Waals surface area (Å²) in [7, 11) is -2.13. The molecule has 1 aromatic rings. The number of amides is 1. The molecule has 1 aliphatic rings. The Morgan fingerprint density at radius 1 is 1.15 bits per heavy atom. The summed E-state index contributed by atoms with van der Waals surface area (Å²) >= 11 is 0. The van der Waals surface area contributed by atoms with Gasteiger partial charge in [-0.3, -0.25) is 4.79 Å². The third-order valence-corrected chi connectivity index (χ3v) is 5.09. The molecule has 0 aromatic heterocycles. The molecule has 1 aromatic carbocycles. The molecule has 4 N–H and O–H groups in total. The van der Waals surface area contributed by atoms with Gasteiger partial charge < -0.3 is 20.3 Å². The van der Waals surface area contributed by atoms with Crippen molar-refractivity contribution in [1.82, 2.24) is 4.90 Å². The van der Waals surface area contributed by atoms with E-state index in [9.17, 15) is 13.2 Å². The van der Waals surface area contributed by atoms with Gasteiger partial charge in [-0.15, -0.1) is 24.8 Å². The van der Waals surface area contributed by atoms with Crippen molar-refractivity contribution in [3.05, 3.63) is 24.3 Å². The highest BCUT2D eigenvalue weighted by molar-refractivity contribution is 7.89. The number of hydrogen-bond acceptors (Lipinski definition) is 6. The van der Waals surface area contributed by atoms with Gasteiger partial charge in [0.05, 0.1) is 17.4 Å². The fourth-order valence-electron chi connectivity index (χ4n) is 2.65. The summed E-state index contributed by atoms with van der Waals surface area (Å²) in [6.45, 7) is 2.90. The number of anilines is 1. The molecule has 1 amide bonds. The van der Waals surface area contributed by atoms with Gasteiger partial charge in [0.25, 0.3) is 0 Å². The molecule has 1 aliphatic heterocycles. The maximum absolute atomic E-state index is 12.2. The summed E-state index contributed by atoms with van der Waals surface area (Å²) in [5, 5.41) is 5.09. The van der Waals surface area contributed by atoms with Crippen LogP contribution in [0.2, 0.25) is 0 Å². The van der Waals surface area contributed by atoms with Crippen LogP contribution in [0.1, 0.15) is 6.42 Å². The van der Waals surface area contributed by atoms with Gasteiger partial charge in [0.1, 0.15) is 0 Å². The highest BCUT2D eigenvalue weighted by Crippen LogP contribution is 2.19. The van der Waals surface area contributed by atoms with Crippen LogP contribution >= 0.6 is 24.8 Å². The Hall–Kier alpha value is -1.10. The van der Waals surface area contributed by atoms with Crippen LogP contribution in [-0.4, -0.2) is 65.2 Å². The first-order chi connectivity index (χ1) is 11.3. The number of hydrogen-bond donors (Lipinski definition) is 2. The molecular formula is C15H26Cl2N4O4S. The summed E-state index contributed by atoms with van der Waals surface area (Å²) in [6, 6.07) is 6.44. The van der Waals surface area contributed by atoms with E-state index in [0.717, 1.165) is 5.69 Å². The normalized spacial score (nSPS) is 15.7. The Bertz CT molecular complexity index is 661. The quantitative estimate of drug-likeness (QED) is 0.667. The van der Waals surface area contributed by atoms with E-state index in [-0.39, 0.29) is 48.1 Å². The second kappa shape index (κ2) is 10.9. The van der Waals surface area contributed by atoms with E-state index in [1.807, 2.05) is 0 Å². The van der Waals surface area contributed by atoms with Crippen molar-refractivity contribution in [2.24, 2.45) is 10.9 Å². The molecule has 2 rings (SSSR count). The van der Waals surface area contributed by atoms with E-state index < -0.39 is 10.0 Å². The summed E-state index contributed by atoms with van der Waals surface area (Å²) < 4.78 is 27.7. The second-order valence-electron chi connectivity index (χ2n) is 5.70. The maximum Gasteiger partial charge on any atom is 0.238 e. The summed E-state index contributed by atoms with van der Waals surface area (Å²) in [5.41, 5.74) is 6.45. The third kappa shape index (κ3) is 6.57. The lowest BCUT2D eigenvalue weighted by Gasteiger charge is -2.36. The molecule has 1 atom stereocenters. The van der Waals surface area contributed by atoms with Crippen molar-refractivity contribution in [2.45, 2.75) is 17.4 Å². The highest BCUT2D eigenvalue weighted by Gasteiger charge is 2.23. The molecule has 0 bridgehead atoms. The Labute approximate surface area is 166 Å². The van der Waals surface area contributed by atoms with Crippen molar-refractivity contribution in [3.8, 4) is 0 Å². The van der Waals surface area contributed by atoms with Crippen molar-refractivity contribution >= 4 is 46.4 Å². The lowest BCUT2D eigenvalue weighted by Crippen LogP contribution is -2.49. The van der Waals surface area contributed by atoms with Crippen molar-refractivity contribution in [2.75, 3.05) is 44.7 Å². The number of piperazine rings is 1. The van der Waals surface area contributed by atoms with Crippen LogP contribution in [0, 0.1) is 0 Å². The minimum Gasteiger partial charge on any atom is -0.380 e. The van der Waals surface area contributed by atoms with Crippen LogP contribution in [0.5, 0.6) is 0 Å². The molecule has 150 valence electrons. The van der Waals surface area contributed by atoms with Crippen LogP contribution < -0.4 is 15.8 Å². The molecule has 11 heteroatoms. The minimum absolute atomic E-state index is 0.